The van der Waals surface area contributed by atoms with Crippen LogP contribution in [-0.2, 0) is 0 Å². The largest absolute Gasteiger partial charge is 0.497 e. The monoisotopic (exact) mass is 286 g/mol. The van der Waals surface area contributed by atoms with E-state index in [-0.39, 0.29) is 0 Å². The number of ether oxygens (including phenoxy) is 2. The van der Waals surface area contributed by atoms with Gasteiger partial charge in [0.05, 0.1) is 18.8 Å². The van der Waals surface area contributed by atoms with Crippen LogP contribution in [0.5, 0.6) is 11.5 Å². The van der Waals surface area contributed by atoms with Crippen molar-refractivity contribution in [3.8, 4) is 11.5 Å². The Morgan fingerprint density at radius 1 is 1.05 bits per heavy atom. The molecule has 0 radical (unpaired) electrons. The van der Waals surface area contributed by atoms with Gasteiger partial charge in [-0.05, 0) is 48.4 Å². The van der Waals surface area contributed by atoms with Crippen LogP contribution in [0.4, 0.5) is 0 Å². The molecule has 0 spiro atoms. The van der Waals surface area contributed by atoms with Crippen molar-refractivity contribution >= 4 is 5.97 Å². The lowest BCUT2D eigenvalue weighted by atomic mass is 10.1. The van der Waals surface area contributed by atoms with Crippen LogP contribution in [-0.4, -0.2) is 18.2 Å². The van der Waals surface area contributed by atoms with Gasteiger partial charge in [-0.1, -0.05) is 19.1 Å². The van der Waals surface area contributed by atoms with Crippen LogP contribution in [0.15, 0.2) is 48.5 Å². The molecule has 0 aliphatic carbocycles. The Balaban J connectivity index is 2.05. The molecule has 1 N–H and O–H groups in total. The van der Waals surface area contributed by atoms with E-state index in [1.807, 2.05) is 6.92 Å². The summed E-state index contributed by atoms with van der Waals surface area (Å²) in [5, 5.41) is 9.72. The molecule has 110 valence electrons. The summed E-state index contributed by atoms with van der Waals surface area (Å²) in [6.07, 6.45) is 0.131. The van der Waals surface area contributed by atoms with Gasteiger partial charge in [0.25, 0.3) is 0 Å². The molecule has 4 nitrogen and oxygen atoms in total. The number of aliphatic hydroxyl groups is 1. The number of hydrogen-bond donors (Lipinski definition) is 1. The van der Waals surface area contributed by atoms with E-state index < -0.39 is 12.1 Å². The highest BCUT2D eigenvalue weighted by Crippen LogP contribution is 2.20. The molecule has 0 aliphatic rings. The smallest absolute Gasteiger partial charge is 0.343 e. The Morgan fingerprint density at radius 2 is 1.62 bits per heavy atom. The maximum Gasteiger partial charge on any atom is 0.343 e. The Morgan fingerprint density at radius 3 is 2.14 bits per heavy atom. The molecule has 0 heterocycles. The number of esters is 1. The summed E-state index contributed by atoms with van der Waals surface area (Å²) < 4.78 is 10.3. The normalized spacial score (nSPS) is 11.8. The number of methoxy groups -OCH3 is 1. The molecule has 0 fully saturated rings. The second-order valence-corrected chi connectivity index (χ2v) is 4.61. The minimum absolute atomic E-state index is 0.433. The van der Waals surface area contributed by atoms with E-state index in [1.165, 1.54) is 0 Å². The first-order chi connectivity index (χ1) is 10.1. The second kappa shape index (κ2) is 6.90. The average Bonchev–Trinajstić information content (AvgIpc) is 2.55. The predicted molar refractivity (Wildman–Crippen MR) is 79.6 cm³/mol. The van der Waals surface area contributed by atoms with Crippen LogP contribution in [0.25, 0.3) is 0 Å². The number of carbonyl (C=O) groups excluding carboxylic acids is 1. The molecule has 0 bridgehead atoms. The van der Waals surface area contributed by atoms with Gasteiger partial charge in [0.15, 0.2) is 0 Å². The van der Waals surface area contributed by atoms with E-state index in [4.69, 9.17) is 9.47 Å². The van der Waals surface area contributed by atoms with Gasteiger partial charge in [-0.25, -0.2) is 4.79 Å². The van der Waals surface area contributed by atoms with Crippen LogP contribution in [0.3, 0.4) is 0 Å². The molecule has 0 aliphatic heterocycles. The summed E-state index contributed by atoms with van der Waals surface area (Å²) in [7, 11) is 1.58. The SMILES string of the molecule is CCC(O)c1ccc(C(=O)Oc2ccc(OC)cc2)cc1. The molecule has 0 amide bonds. The van der Waals surface area contributed by atoms with Gasteiger partial charge in [0, 0.05) is 0 Å². The first kappa shape index (κ1) is 15.1. The lowest BCUT2D eigenvalue weighted by Gasteiger charge is -2.09. The minimum atomic E-state index is -0.503. The Hall–Kier alpha value is -2.33. The number of hydrogen-bond acceptors (Lipinski definition) is 4. The maximum absolute atomic E-state index is 12.0. The van der Waals surface area contributed by atoms with Crippen molar-refractivity contribution in [3.05, 3.63) is 59.7 Å². The van der Waals surface area contributed by atoms with Crippen LogP contribution in [0, 0.1) is 0 Å². The van der Waals surface area contributed by atoms with Gasteiger partial charge in [-0.2, -0.15) is 0 Å². The molecule has 2 rings (SSSR count). The van der Waals surface area contributed by atoms with Crippen molar-refractivity contribution in [3.63, 3.8) is 0 Å². The van der Waals surface area contributed by atoms with Crippen LogP contribution >= 0.6 is 0 Å². The van der Waals surface area contributed by atoms with E-state index >= 15 is 0 Å². The molecule has 4 heteroatoms. The van der Waals surface area contributed by atoms with E-state index in [0.717, 1.165) is 5.56 Å². The van der Waals surface area contributed by atoms with E-state index in [1.54, 1.807) is 55.6 Å². The molecule has 0 aromatic heterocycles. The molecule has 1 unspecified atom stereocenters. The third-order valence-corrected chi connectivity index (χ3v) is 3.19. The van der Waals surface area contributed by atoms with Crippen LogP contribution in [0.2, 0.25) is 0 Å². The second-order valence-electron chi connectivity index (χ2n) is 4.61. The predicted octanol–water partition coefficient (Wildman–Crippen LogP) is 3.36. The zero-order chi connectivity index (χ0) is 15.2. The van der Waals surface area contributed by atoms with Gasteiger partial charge in [-0.15, -0.1) is 0 Å². The molecule has 0 saturated heterocycles. The molecular weight excluding hydrogens is 268 g/mol. The molecular formula is C17H18O4. The van der Waals surface area contributed by atoms with Crippen molar-refractivity contribution in [2.75, 3.05) is 7.11 Å². The fraction of sp³-hybridized carbons (Fsp3) is 0.235. The first-order valence-corrected chi connectivity index (χ1v) is 6.78. The summed E-state index contributed by atoms with van der Waals surface area (Å²) in [6.45, 7) is 1.90. The quantitative estimate of drug-likeness (QED) is 0.676. The molecule has 1 atom stereocenters. The first-order valence-electron chi connectivity index (χ1n) is 6.78. The highest BCUT2D eigenvalue weighted by atomic mass is 16.5. The molecule has 21 heavy (non-hydrogen) atoms. The number of benzene rings is 2. The van der Waals surface area contributed by atoms with Gasteiger partial charge in [0.1, 0.15) is 11.5 Å². The van der Waals surface area contributed by atoms with E-state index in [2.05, 4.69) is 0 Å². The molecule has 2 aromatic carbocycles. The highest BCUT2D eigenvalue weighted by molar-refractivity contribution is 5.91. The number of aliphatic hydroxyl groups excluding tert-OH is 1. The number of rotatable bonds is 5. The summed E-state index contributed by atoms with van der Waals surface area (Å²) in [6, 6.07) is 13.6. The zero-order valence-electron chi connectivity index (χ0n) is 12.1. The Labute approximate surface area is 123 Å². The van der Waals surface area contributed by atoms with Crippen molar-refractivity contribution in [2.24, 2.45) is 0 Å². The van der Waals surface area contributed by atoms with E-state index in [9.17, 15) is 9.90 Å². The molecule has 0 saturated carbocycles. The lowest BCUT2D eigenvalue weighted by Crippen LogP contribution is -2.08. The summed E-state index contributed by atoms with van der Waals surface area (Å²) in [5.74, 6) is 0.726. The summed E-state index contributed by atoms with van der Waals surface area (Å²) >= 11 is 0. The van der Waals surface area contributed by atoms with Crippen molar-refractivity contribution in [1.82, 2.24) is 0 Å². The average molecular weight is 286 g/mol. The third-order valence-electron chi connectivity index (χ3n) is 3.19. The standard InChI is InChI=1S/C17H18O4/c1-3-16(18)12-4-6-13(7-5-12)17(19)21-15-10-8-14(20-2)9-11-15/h4-11,16,18H,3H2,1-2H3. The van der Waals surface area contributed by atoms with Crippen molar-refractivity contribution in [1.29, 1.82) is 0 Å². The van der Waals surface area contributed by atoms with E-state index in [0.29, 0.717) is 23.5 Å². The highest BCUT2D eigenvalue weighted by Gasteiger charge is 2.10. The van der Waals surface area contributed by atoms with Gasteiger partial charge in [0.2, 0.25) is 0 Å². The Bertz CT molecular complexity index is 587. The summed E-state index contributed by atoms with van der Waals surface area (Å²) in [5.41, 5.74) is 1.23. The third kappa shape index (κ3) is 3.83. The van der Waals surface area contributed by atoms with Crippen molar-refractivity contribution < 1.29 is 19.4 Å². The minimum Gasteiger partial charge on any atom is -0.497 e. The Kier molecular flexibility index (Phi) is 4.95. The van der Waals surface area contributed by atoms with Crippen LogP contribution in [0.1, 0.15) is 35.4 Å². The fourth-order valence-corrected chi connectivity index (χ4v) is 1.89. The zero-order valence-corrected chi connectivity index (χ0v) is 12.1. The van der Waals surface area contributed by atoms with Gasteiger partial charge < -0.3 is 14.6 Å². The van der Waals surface area contributed by atoms with Crippen molar-refractivity contribution in [2.45, 2.75) is 19.4 Å². The molecule has 2 aromatic rings. The maximum atomic E-state index is 12.0. The topological polar surface area (TPSA) is 55.8 Å². The lowest BCUT2D eigenvalue weighted by molar-refractivity contribution is 0.0734. The fourth-order valence-electron chi connectivity index (χ4n) is 1.89. The van der Waals surface area contributed by atoms with Crippen LogP contribution < -0.4 is 9.47 Å². The number of carbonyl (C=O) groups is 1. The van der Waals surface area contributed by atoms with Gasteiger partial charge in [-0.3, -0.25) is 0 Å². The summed E-state index contributed by atoms with van der Waals surface area (Å²) in [4.78, 5) is 12.0. The van der Waals surface area contributed by atoms with Gasteiger partial charge >= 0.3 is 5.97 Å².